The normalized spacial score (nSPS) is 15.0. The van der Waals surface area contributed by atoms with Gasteiger partial charge in [-0.2, -0.15) is 26.3 Å². The van der Waals surface area contributed by atoms with Crippen LogP contribution in [0.5, 0.6) is 0 Å². The Morgan fingerprint density at radius 3 is 1.58 bits per heavy atom. The summed E-state index contributed by atoms with van der Waals surface area (Å²) >= 11 is 0. The minimum atomic E-state index is -6.69. The van der Waals surface area contributed by atoms with Gasteiger partial charge < -0.3 is 10.4 Å². The molecule has 24 heavy (non-hydrogen) atoms. The third kappa shape index (κ3) is 8.22. The largest absolute Gasteiger partial charge is 0.527 e. The molecule has 0 radical (unpaired) electrons. The van der Waals surface area contributed by atoms with Gasteiger partial charge in [-0.3, -0.25) is 0 Å². The van der Waals surface area contributed by atoms with Crippen molar-refractivity contribution in [1.29, 1.82) is 0 Å². The number of halogens is 11. The molecule has 0 saturated carbocycles. The summed E-state index contributed by atoms with van der Waals surface area (Å²) in [7, 11) is 0. The highest BCUT2D eigenvalue weighted by Crippen LogP contribution is 2.44. The fraction of sp³-hybridized carbons (Fsp3) is 1.00. The molecule has 0 amide bonds. The first-order valence-corrected chi connectivity index (χ1v) is 5.43. The Morgan fingerprint density at radius 2 is 1.17 bits per heavy atom. The van der Waals surface area contributed by atoms with Crippen LogP contribution in [0.3, 0.4) is 0 Å². The van der Waals surface area contributed by atoms with E-state index in [1.165, 1.54) is 0 Å². The molecule has 0 aliphatic heterocycles. The lowest BCUT2D eigenvalue weighted by Crippen LogP contribution is -2.53. The van der Waals surface area contributed by atoms with Gasteiger partial charge in [-0.1, -0.05) is 0 Å². The van der Waals surface area contributed by atoms with Gasteiger partial charge in [0.2, 0.25) is 0 Å². The number of hydrogen-bond donors (Lipinski definition) is 2. The first-order chi connectivity index (χ1) is 10.4. The number of nitrogens with one attached hydrogen (secondary N) is 1. The molecule has 0 aromatic rings. The second kappa shape index (κ2) is 7.51. The number of rotatable bonds is 10. The van der Waals surface area contributed by atoms with Crippen molar-refractivity contribution in [1.82, 2.24) is 5.32 Å². The first-order valence-electron chi connectivity index (χ1n) is 5.43. The van der Waals surface area contributed by atoms with Gasteiger partial charge in [0, 0.05) is 6.54 Å². The van der Waals surface area contributed by atoms with E-state index in [9.17, 15) is 48.3 Å². The molecule has 146 valence electrons. The fourth-order valence-electron chi connectivity index (χ4n) is 0.957. The molecule has 0 saturated heterocycles. The van der Waals surface area contributed by atoms with Gasteiger partial charge in [0.15, 0.2) is 0 Å². The molecule has 2 N–H and O–H groups in total. The minimum Gasteiger partial charge on any atom is -0.395 e. The zero-order valence-electron chi connectivity index (χ0n) is 11.0. The lowest BCUT2D eigenvalue weighted by molar-refractivity contribution is -0.571. The number of aliphatic hydroxyl groups excluding tert-OH is 1. The van der Waals surface area contributed by atoms with E-state index in [1.807, 2.05) is 4.74 Å². The quantitative estimate of drug-likeness (QED) is 0.341. The number of aliphatic hydroxyl groups is 1. The molecule has 0 rings (SSSR count). The highest BCUT2D eigenvalue weighted by Gasteiger charge is 2.69. The maximum Gasteiger partial charge on any atom is 0.527 e. The Kier molecular flexibility index (Phi) is 7.20. The van der Waals surface area contributed by atoms with Crippen molar-refractivity contribution in [3.05, 3.63) is 0 Å². The molecule has 0 aromatic heterocycles. The van der Waals surface area contributed by atoms with Crippen LogP contribution in [0.25, 0.3) is 0 Å². The van der Waals surface area contributed by atoms with Gasteiger partial charge in [0.1, 0.15) is 0 Å². The molecule has 0 aromatic carbocycles. The topological polar surface area (TPSA) is 60.0 Å². The van der Waals surface area contributed by atoms with Crippen molar-refractivity contribution >= 4 is 0 Å². The Bertz CT molecular complexity index is 400. The van der Waals surface area contributed by atoms with Gasteiger partial charge >= 0.3 is 31.0 Å². The summed E-state index contributed by atoms with van der Waals surface area (Å²) in [6.45, 7) is -3.10. The van der Waals surface area contributed by atoms with Crippen LogP contribution in [0.2, 0.25) is 0 Å². The molecular formula is C8H8F11NO4. The van der Waals surface area contributed by atoms with E-state index in [4.69, 9.17) is 5.11 Å². The summed E-state index contributed by atoms with van der Waals surface area (Å²) in [5, 5.41) is 9.82. The lowest BCUT2D eigenvalue weighted by atomic mass is 10.5. The summed E-state index contributed by atoms with van der Waals surface area (Å²) in [6, 6.07) is 0. The molecule has 0 atom stereocenters. The molecule has 0 heterocycles. The van der Waals surface area contributed by atoms with Crippen molar-refractivity contribution in [2.24, 2.45) is 0 Å². The fourth-order valence-corrected chi connectivity index (χ4v) is 0.957. The maximum atomic E-state index is 12.8. The van der Waals surface area contributed by atoms with Gasteiger partial charge in [-0.25, -0.2) is 14.2 Å². The summed E-state index contributed by atoms with van der Waals surface area (Å²) < 4.78 is 142. The van der Waals surface area contributed by atoms with Crippen molar-refractivity contribution in [3.8, 4) is 0 Å². The Balaban J connectivity index is 4.99. The van der Waals surface area contributed by atoms with Crippen LogP contribution in [0.1, 0.15) is 0 Å². The molecule has 0 bridgehead atoms. The molecular weight excluding hydrogens is 383 g/mol. The molecule has 5 nitrogen and oxygen atoms in total. The van der Waals surface area contributed by atoms with E-state index in [2.05, 4.69) is 4.74 Å². The summed E-state index contributed by atoms with van der Waals surface area (Å²) in [5.74, 6) is 0. The highest BCUT2D eigenvalue weighted by atomic mass is 19.4. The van der Waals surface area contributed by atoms with Crippen LogP contribution >= 0.6 is 0 Å². The summed E-state index contributed by atoms with van der Waals surface area (Å²) in [5.41, 5.74) is 0. The molecule has 0 aliphatic carbocycles. The van der Waals surface area contributed by atoms with Gasteiger partial charge in [0.25, 0.3) is 0 Å². The molecule has 0 spiro atoms. The Labute approximate surface area is 125 Å². The summed E-state index contributed by atoms with van der Waals surface area (Å²) in [4.78, 5) is 0. The molecule has 16 heteroatoms. The predicted octanol–water partition coefficient (Wildman–Crippen LogP) is 2.47. The second-order valence-corrected chi connectivity index (χ2v) is 3.79. The average molecular weight is 391 g/mol. The van der Waals surface area contributed by atoms with Gasteiger partial charge in [-0.05, 0) is 0 Å². The smallest absolute Gasteiger partial charge is 0.395 e. The third-order valence-corrected chi connectivity index (χ3v) is 1.72. The van der Waals surface area contributed by atoms with Gasteiger partial charge in [0.05, 0.1) is 13.2 Å². The van der Waals surface area contributed by atoms with Crippen molar-refractivity contribution in [3.63, 3.8) is 0 Å². The number of ether oxygens (including phenoxy) is 3. The minimum absolute atomic E-state index is 0.570. The maximum absolute atomic E-state index is 12.8. The van der Waals surface area contributed by atoms with Crippen LogP contribution in [-0.4, -0.2) is 55.8 Å². The van der Waals surface area contributed by atoms with Crippen LogP contribution in [0, 0.1) is 0 Å². The van der Waals surface area contributed by atoms with Crippen LogP contribution in [-0.2, 0) is 14.2 Å². The van der Waals surface area contributed by atoms with Crippen LogP contribution < -0.4 is 5.32 Å². The van der Waals surface area contributed by atoms with Crippen LogP contribution in [0.15, 0.2) is 0 Å². The van der Waals surface area contributed by atoms with E-state index >= 15 is 0 Å². The average Bonchev–Trinajstić information content (AvgIpc) is 2.21. The predicted molar refractivity (Wildman–Crippen MR) is 49.1 cm³/mol. The van der Waals surface area contributed by atoms with E-state index in [0.717, 1.165) is 0 Å². The standard InChI is InChI=1S/C8H8F11NO4/c9-4(10,3-20-1-2-21)22-8(18,19)24-6(13,14)5(11,12)23-7(15,16)17/h20-21H,1-3H2. The van der Waals surface area contributed by atoms with E-state index in [-0.39, 0.29) is 0 Å². The molecule has 0 fully saturated rings. The SMILES string of the molecule is OCCNCC(F)(F)OC(F)(F)OC(F)(F)C(F)(F)OC(F)(F)F. The van der Waals surface area contributed by atoms with Gasteiger partial charge in [-0.15, -0.1) is 22.0 Å². The monoisotopic (exact) mass is 391 g/mol. The second-order valence-electron chi connectivity index (χ2n) is 3.79. The van der Waals surface area contributed by atoms with Crippen molar-refractivity contribution in [2.75, 3.05) is 19.7 Å². The van der Waals surface area contributed by atoms with E-state index in [0.29, 0.717) is 0 Å². The summed E-state index contributed by atoms with van der Waals surface area (Å²) in [6.07, 6.45) is -30.9. The molecule has 0 aliphatic rings. The number of hydrogen-bond acceptors (Lipinski definition) is 5. The highest BCUT2D eigenvalue weighted by molar-refractivity contribution is 4.69. The van der Waals surface area contributed by atoms with Crippen molar-refractivity contribution in [2.45, 2.75) is 31.0 Å². The lowest BCUT2D eigenvalue weighted by Gasteiger charge is -2.30. The van der Waals surface area contributed by atoms with Crippen molar-refractivity contribution < 1.29 is 67.6 Å². The molecule has 0 unspecified atom stereocenters. The Morgan fingerprint density at radius 1 is 0.708 bits per heavy atom. The zero-order chi connectivity index (χ0) is 19.4. The number of alkyl halides is 11. The van der Waals surface area contributed by atoms with E-state index < -0.39 is 50.7 Å². The Hall–Kier alpha value is -0.970. The zero-order valence-corrected chi connectivity index (χ0v) is 11.0. The van der Waals surface area contributed by atoms with E-state index in [1.54, 1.807) is 10.1 Å². The third-order valence-electron chi connectivity index (χ3n) is 1.72. The van der Waals surface area contributed by atoms with Crippen LogP contribution in [0.4, 0.5) is 48.3 Å². The first kappa shape index (κ1) is 23.0.